The molecule has 39 heavy (non-hydrogen) atoms. The number of β-lactam (4-membered cyclic amide) rings is 1. The van der Waals surface area contributed by atoms with Gasteiger partial charge in [0.25, 0.3) is 11.8 Å². The highest BCUT2D eigenvalue weighted by Gasteiger charge is 2.54. The fourth-order valence-corrected chi connectivity index (χ4v) is 7.02. The van der Waals surface area contributed by atoms with Gasteiger partial charge in [-0.15, -0.1) is 33.3 Å². The van der Waals surface area contributed by atoms with Crippen molar-refractivity contribution in [1.82, 2.24) is 25.4 Å². The van der Waals surface area contributed by atoms with Crippen molar-refractivity contribution in [1.29, 1.82) is 0 Å². The number of nitrogens with two attached hydrogens (primary N) is 1. The summed E-state index contributed by atoms with van der Waals surface area (Å²) < 4.78 is 5.83. The Hall–Kier alpha value is -3.22. The molecule has 0 radical (unpaired) electrons. The first-order chi connectivity index (χ1) is 18.4. The number of aliphatic carboxylic acids is 1. The Morgan fingerprint density at radius 2 is 2.10 bits per heavy atom. The maximum atomic E-state index is 13.2. The van der Waals surface area contributed by atoms with Crippen LogP contribution < -0.4 is 11.1 Å². The van der Waals surface area contributed by atoms with E-state index in [2.05, 4.69) is 25.7 Å². The van der Waals surface area contributed by atoms with E-state index >= 15 is 0 Å². The van der Waals surface area contributed by atoms with Crippen LogP contribution in [0.3, 0.4) is 0 Å². The summed E-state index contributed by atoms with van der Waals surface area (Å²) in [7, 11) is 0. The van der Waals surface area contributed by atoms with Crippen molar-refractivity contribution in [2.24, 2.45) is 5.16 Å². The lowest BCUT2D eigenvalue weighted by Gasteiger charge is -2.49. The van der Waals surface area contributed by atoms with Crippen molar-refractivity contribution >= 4 is 80.8 Å². The molecule has 0 aliphatic carbocycles. The molecule has 4 rings (SSSR count). The normalized spacial score (nSPS) is 19.3. The number of nitrogen functional groups attached to an aromatic ring is 1. The van der Waals surface area contributed by atoms with Crippen molar-refractivity contribution in [2.75, 3.05) is 23.8 Å². The van der Waals surface area contributed by atoms with Gasteiger partial charge in [0.1, 0.15) is 33.9 Å². The van der Waals surface area contributed by atoms with Crippen LogP contribution in [0.15, 0.2) is 31.7 Å². The van der Waals surface area contributed by atoms with Crippen molar-refractivity contribution in [2.45, 2.75) is 42.1 Å². The molecule has 0 saturated carbocycles. The zero-order valence-electron chi connectivity index (χ0n) is 20.8. The number of hydrogen-bond acceptors (Lipinski definition) is 15. The summed E-state index contributed by atoms with van der Waals surface area (Å²) in [5, 5.41) is 24.9. The molecule has 1 unspecified atom stereocenters. The van der Waals surface area contributed by atoms with E-state index in [0.29, 0.717) is 21.4 Å². The molecule has 4 heterocycles. The Morgan fingerprint density at radius 3 is 2.72 bits per heavy atom. The van der Waals surface area contributed by atoms with Gasteiger partial charge in [-0.1, -0.05) is 28.3 Å². The van der Waals surface area contributed by atoms with Crippen LogP contribution in [0.4, 0.5) is 5.13 Å². The van der Waals surface area contributed by atoms with E-state index in [1.807, 2.05) is 0 Å². The van der Waals surface area contributed by atoms with Gasteiger partial charge in [-0.2, -0.15) is 0 Å². The number of carboxylic acid groups (broad SMARTS) is 1. The van der Waals surface area contributed by atoms with E-state index in [0.717, 1.165) is 11.3 Å². The van der Waals surface area contributed by atoms with Gasteiger partial charge < -0.3 is 25.7 Å². The average molecular weight is 614 g/mol. The molecular formula is C21H23N7O7S4. The minimum Gasteiger partial charge on any atom is -0.477 e. The third-order valence-corrected chi connectivity index (χ3v) is 8.94. The Balaban J connectivity index is 1.46. The second-order valence-electron chi connectivity index (χ2n) is 8.98. The summed E-state index contributed by atoms with van der Waals surface area (Å²) in [6.45, 7) is 4.52. The maximum Gasteiger partial charge on any atom is 0.352 e. The van der Waals surface area contributed by atoms with E-state index in [9.17, 15) is 24.3 Å². The molecule has 2 aromatic rings. The van der Waals surface area contributed by atoms with Crippen molar-refractivity contribution in [3.05, 3.63) is 27.9 Å². The van der Waals surface area contributed by atoms with Gasteiger partial charge >= 0.3 is 11.9 Å². The average Bonchev–Trinajstić information content (AvgIpc) is 3.53. The molecule has 2 aliphatic rings. The van der Waals surface area contributed by atoms with Crippen LogP contribution >= 0.6 is 46.2 Å². The summed E-state index contributed by atoms with van der Waals surface area (Å²) in [5.74, 6) is -2.64. The first-order valence-electron chi connectivity index (χ1n) is 11.2. The zero-order valence-corrected chi connectivity index (χ0v) is 24.0. The molecule has 14 nitrogen and oxygen atoms in total. The minimum absolute atomic E-state index is 0.0845. The molecule has 18 heteroatoms. The van der Waals surface area contributed by atoms with E-state index in [1.54, 1.807) is 26.3 Å². The summed E-state index contributed by atoms with van der Waals surface area (Å²) in [6, 6.07) is -1.01. The number of thiazole rings is 1. The van der Waals surface area contributed by atoms with E-state index in [4.69, 9.17) is 15.3 Å². The highest BCUT2D eigenvalue weighted by Crippen LogP contribution is 2.41. The second-order valence-corrected chi connectivity index (χ2v) is 13.0. The predicted octanol–water partition coefficient (Wildman–Crippen LogP) is 1.17. The molecule has 0 bridgehead atoms. The van der Waals surface area contributed by atoms with Gasteiger partial charge in [0, 0.05) is 16.9 Å². The number of rotatable bonds is 10. The fraction of sp³-hybridized carbons (Fsp3) is 0.429. The number of carbonyl (C=O) groups is 4. The molecule has 0 aromatic carbocycles. The van der Waals surface area contributed by atoms with Crippen LogP contribution in [0.2, 0.25) is 0 Å². The molecule has 1 fully saturated rings. The zero-order chi connectivity index (χ0) is 28.3. The van der Waals surface area contributed by atoms with Crippen LogP contribution in [-0.2, 0) is 28.8 Å². The SMILES string of the molecule is CC(C)(C)OC(=O)CO/N=C(\C(=O)NC1C(=O)N2C(C(=O)O)=C(CSc3nncs3)CS[C@H]12)c1csc(N)n1. The highest BCUT2D eigenvalue weighted by molar-refractivity contribution is 8.01. The first-order valence-corrected chi connectivity index (χ1v) is 15.0. The van der Waals surface area contributed by atoms with E-state index < -0.39 is 47.4 Å². The second kappa shape index (κ2) is 11.9. The Morgan fingerprint density at radius 1 is 1.33 bits per heavy atom. The van der Waals surface area contributed by atoms with Gasteiger partial charge in [0.2, 0.25) is 6.61 Å². The molecule has 4 N–H and O–H groups in total. The van der Waals surface area contributed by atoms with Gasteiger partial charge in [-0.25, -0.2) is 14.6 Å². The molecule has 2 aromatic heterocycles. The number of ether oxygens (including phenoxy) is 1. The number of carboxylic acids is 1. The molecule has 1 saturated heterocycles. The number of hydrogen-bond donors (Lipinski definition) is 3. The van der Waals surface area contributed by atoms with E-state index in [-0.39, 0.29) is 22.2 Å². The maximum absolute atomic E-state index is 13.2. The molecule has 0 spiro atoms. The van der Waals surface area contributed by atoms with Crippen LogP contribution in [0, 0.1) is 0 Å². The number of fused-ring (bicyclic) bond motifs is 1. The lowest BCUT2D eigenvalue weighted by atomic mass is 10.0. The van der Waals surface area contributed by atoms with Crippen LogP contribution in [0.1, 0.15) is 26.5 Å². The smallest absolute Gasteiger partial charge is 0.352 e. The van der Waals surface area contributed by atoms with Gasteiger partial charge in [-0.3, -0.25) is 14.5 Å². The monoisotopic (exact) mass is 613 g/mol. The van der Waals surface area contributed by atoms with Crippen molar-refractivity contribution in [3.8, 4) is 0 Å². The summed E-state index contributed by atoms with van der Waals surface area (Å²) in [6.07, 6.45) is 0. The van der Waals surface area contributed by atoms with Crippen LogP contribution in [0.25, 0.3) is 0 Å². The third kappa shape index (κ3) is 6.87. The van der Waals surface area contributed by atoms with E-state index in [1.165, 1.54) is 45.1 Å². The Kier molecular flexibility index (Phi) is 8.77. The number of nitrogens with one attached hydrogen (secondary N) is 1. The molecular weight excluding hydrogens is 591 g/mol. The number of esters is 1. The Bertz CT molecular complexity index is 1340. The van der Waals surface area contributed by atoms with Gasteiger partial charge in [0.15, 0.2) is 15.2 Å². The first kappa shape index (κ1) is 28.8. The van der Waals surface area contributed by atoms with Crippen molar-refractivity contribution in [3.63, 3.8) is 0 Å². The number of aromatic nitrogens is 3. The molecule has 2 atom stereocenters. The highest BCUT2D eigenvalue weighted by atomic mass is 32.2. The summed E-state index contributed by atoms with van der Waals surface area (Å²) in [5.41, 5.74) is 6.78. The predicted molar refractivity (Wildman–Crippen MR) is 145 cm³/mol. The third-order valence-electron chi connectivity index (χ3n) is 4.98. The van der Waals surface area contributed by atoms with Crippen LogP contribution in [0.5, 0.6) is 0 Å². The van der Waals surface area contributed by atoms with Gasteiger partial charge in [0.05, 0.1) is 0 Å². The van der Waals surface area contributed by atoms with Crippen molar-refractivity contribution < 1.29 is 33.9 Å². The summed E-state index contributed by atoms with van der Waals surface area (Å²) in [4.78, 5) is 60.5. The quantitative estimate of drug-likeness (QED) is 0.113. The number of oxime groups is 1. The Labute approximate surface area is 238 Å². The summed E-state index contributed by atoms with van der Waals surface area (Å²) >= 11 is 5.06. The fourth-order valence-electron chi connectivity index (χ4n) is 3.50. The number of amides is 2. The largest absolute Gasteiger partial charge is 0.477 e. The molecule has 2 aliphatic heterocycles. The number of carbonyl (C=O) groups excluding carboxylic acids is 3. The molecule has 2 amide bonds. The van der Waals surface area contributed by atoms with Gasteiger partial charge in [-0.05, 0) is 26.3 Å². The lowest BCUT2D eigenvalue weighted by molar-refractivity contribution is -0.160. The standard InChI is InChI=1S/C21H23N7O7S4/c1-21(2,3)35-11(29)4-34-27-12(10-7-37-19(22)24-10)15(30)25-13-16(31)28-14(18(32)33)9(5-36-17(13)28)6-38-20-26-23-8-39-20/h7-8,13,17H,4-6H2,1-3H3,(H2,22,24)(H,25,30)(H,32,33)/b27-12-/t13?,17-/m1/s1. The molecule has 208 valence electrons. The number of anilines is 1. The lowest BCUT2D eigenvalue weighted by Crippen LogP contribution is -2.71. The number of thioether (sulfide) groups is 2. The number of nitrogens with zero attached hydrogens (tertiary/aromatic N) is 5. The van der Waals surface area contributed by atoms with Crippen LogP contribution in [-0.4, -0.2) is 89.8 Å². The minimum atomic E-state index is -1.23. The topological polar surface area (TPSA) is 199 Å².